The fourth-order valence-corrected chi connectivity index (χ4v) is 2.53. The Kier molecular flexibility index (Phi) is 3.97. The summed E-state index contributed by atoms with van der Waals surface area (Å²) in [5, 5.41) is 3.32. The first-order valence-corrected chi connectivity index (χ1v) is 6.35. The third kappa shape index (κ3) is 2.12. The van der Waals surface area contributed by atoms with Crippen LogP contribution >= 0.6 is 0 Å². The lowest BCUT2D eigenvalue weighted by Crippen LogP contribution is -2.28. The Morgan fingerprint density at radius 2 is 2.06 bits per heavy atom. The van der Waals surface area contributed by atoms with Crippen LogP contribution < -0.4 is 19.5 Å². The van der Waals surface area contributed by atoms with Gasteiger partial charge in [0.1, 0.15) is 23.4 Å². The molecular formula is C14H21NO3. The molecule has 0 spiro atoms. The number of hydrogen-bond acceptors (Lipinski definition) is 4. The molecule has 1 aromatic rings. The summed E-state index contributed by atoms with van der Waals surface area (Å²) in [6.07, 6.45) is 2.28. The van der Waals surface area contributed by atoms with Crippen molar-refractivity contribution in [2.24, 2.45) is 0 Å². The topological polar surface area (TPSA) is 39.7 Å². The van der Waals surface area contributed by atoms with E-state index in [1.54, 1.807) is 14.2 Å². The Morgan fingerprint density at radius 3 is 2.61 bits per heavy atom. The molecule has 0 aromatic heterocycles. The molecule has 4 heteroatoms. The highest BCUT2D eigenvalue weighted by molar-refractivity contribution is 5.55. The number of likely N-dealkylation sites (N-methyl/N-ethyl adjacent to an activating group) is 1. The van der Waals surface area contributed by atoms with Gasteiger partial charge in [-0.25, -0.2) is 0 Å². The molecule has 1 aliphatic rings. The van der Waals surface area contributed by atoms with E-state index in [2.05, 4.69) is 12.2 Å². The number of benzene rings is 1. The molecular weight excluding hydrogens is 230 g/mol. The maximum Gasteiger partial charge on any atom is 0.132 e. The summed E-state index contributed by atoms with van der Waals surface area (Å²) >= 11 is 0. The molecule has 0 saturated carbocycles. The van der Waals surface area contributed by atoms with Crippen molar-refractivity contribution in [1.29, 1.82) is 0 Å². The molecule has 0 radical (unpaired) electrons. The minimum absolute atomic E-state index is 0.163. The van der Waals surface area contributed by atoms with Crippen LogP contribution in [0, 0.1) is 0 Å². The second-order valence-electron chi connectivity index (χ2n) is 4.45. The molecule has 1 N–H and O–H groups in total. The monoisotopic (exact) mass is 251 g/mol. The number of hydrogen-bond donors (Lipinski definition) is 1. The van der Waals surface area contributed by atoms with Gasteiger partial charge in [-0.15, -0.1) is 0 Å². The Hall–Kier alpha value is -1.42. The fourth-order valence-electron chi connectivity index (χ4n) is 2.53. The van der Waals surface area contributed by atoms with Crippen molar-refractivity contribution in [3.05, 3.63) is 17.7 Å². The highest BCUT2D eigenvalue weighted by Gasteiger charge is 2.36. The molecule has 1 heterocycles. The fraction of sp³-hybridized carbons (Fsp3) is 0.571. The van der Waals surface area contributed by atoms with Gasteiger partial charge in [-0.05, 0) is 13.5 Å². The SMILES string of the molecule is CCCC1Oc2cc(OC)cc(OC)c2C1NC. The summed E-state index contributed by atoms with van der Waals surface area (Å²) in [6, 6.07) is 4.01. The molecule has 0 fully saturated rings. The minimum Gasteiger partial charge on any atom is -0.496 e. The van der Waals surface area contributed by atoms with E-state index >= 15 is 0 Å². The van der Waals surface area contributed by atoms with Gasteiger partial charge in [-0.1, -0.05) is 13.3 Å². The summed E-state index contributed by atoms with van der Waals surface area (Å²) in [5.74, 6) is 2.45. The van der Waals surface area contributed by atoms with Crippen molar-refractivity contribution in [2.45, 2.75) is 31.9 Å². The smallest absolute Gasteiger partial charge is 0.132 e. The van der Waals surface area contributed by atoms with Crippen molar-refractivity contribution in [2.75, 3.05) is 21.3 Å². The second-order valence-corrected chi connectivity index (χ2v) is 4.45. The molecule has 2 atom stereocenters. The van der Waals surface area contributed by atoms with E-state index in [0.717, 1.165) is 35.7 Å². The van der Waals surface area contributed by atoms with E-state index < -0.39 is 0 Å². The van der Waals surface area contributed by atoms with E-state index in [-0.39, 0.29) is 12.1 Å². The molecule has 0 bridgehead atoms. The normalized spacial score (nSPS) is 21.3. The molecule has 0 aliphatic carbocycles. The molecule has 18 heavy (non-hydrogen) atoms. The third-order valence-electron chi connectivity index (χ3n) is 3.38. The molecule has 0 saturated heterocycles. The van der Waals surface area contributed by atoms with Crippen LogP contribution in [0.25, 0.3) is 0 Å². The summed E-state index contributed by atoms with van der Waals surface area (Å²) in [4.78, 5) is 0. The second kappa shape index (κ2) is 5.48. The number of methoxy groups -OCH3 is 2. The summed E-state index contributed by atoms with van der Waals surface area (Å²) in [6.45, 7) is 2.16. The zero-order valence-corrected chi connectivity index (χ0v) is 11.4. The highest BCUT2D eigenvalue weighted by atomic mass is 16.5. The zero-order chi connectivity index (χ0) is 13.1. The van der Waals surface area contributed by atoms with Crippen LogP contribution in [0.4, 0.5) is 0 Å². The van der Waals surface area contributed by atoms with Gasteiger partial charge in [0.15, 0.2) is 0 Å². The van der Waals surface area contributed by atoms with Gasteiger partial charge in [0, 0.05) is 12.1 Å². The first-order valence-electron chi connectivity index (χ1n) is 6.35. The minimum atomic E-state index is 0.163. The number of fused-ring (bicyclic) bond motifs is 1. The van der Waals surface area contributed by atoms with Crippen LogP contribution in [0.15, 0.2) is 12.1 Å². The molecule has 2 rings (SSSR count). The van der Waals surface area contributed by atoms with Crippen LogP contribution in [0.1, 0.15) is 31.4 Å². The van der Waals surface area contributed by atoms with Crippen LogP contribution in [0.5, 0.6) is 17.2 Å². The van der Waals surface area contributed by atoms with Gasteiger partial charge in [0.25, 0.3) is 0 Å². The van der Waals surface area contributed by atoms with Crippen molar-refractivity contribution in [1.82, 2.24) is 5.32 Å². The number of rotatable bonds is 5. The maximum absolute atomic E-state index is 6.01. The average Bonchev–Trinajstić information content (AvgIpc) is 2.75. The number of nitrogens with one attached hydrogen (secondary N) is 1. The first-order chi connectivity index (χ1) is 8.74. The van der Waals surface area contributed by atoms with Crippen molar-refractivity contribution < 1.29 is 14.2 Å². The number of ether oxygens (including phenoxy) is 3. The van der Waals surface area contributed by atoms with E-state index in [1.807, 2.05) is 19.2 Å². The van der Waals surface area contributed by atoms with E-state index in [9.17, 15) is 0 Å². The average molecular weight is 251 g/mol. The molecule has 2 unspecified atom stereocenters. The van der Waals surface area contributed by atoms with Gasteiger partial charge in [0.05, 0.1) is 25.8 Å². The standard InChI is InChI=1S/C14H21NO3/c1-5-6-10-14(15-2)13-11(17-4)7-9(16-3)8-12(13)18-10/h7-8,10,14-15H,5-6H2,1-4H3. The third-order valence-corrected chi connectivity index (χ3v) is 3.38. The van der Waals surface area contributed by atoms with Gasteiger partial charge in [-0.3, -0.25) is 0 Å². The van der Waals surface area contributed by atoms with Gasteiger partial charge < -0.3 is 19.5 Å². The van der Waals surface area contributed by atoms with Crippen molar-refractivity contribution in [3.63, 3.8) is 0 Å². The highest BCUT2D eigenvalue weighted by Crippen LogP contribution is 2.46. The molecule has 0 amide bonds. The van der Waals surface area contributed by atoms with Crippen LogP contribution in [0.3, 0.4) is 0 Å². The summed E-state index contributed by atoms with van der Waals surface area (Å²) in [7, 11) is 5.28. The van der Waals surface area contributed by atoms with Gasteiger partial charge in [0.2, 0.25) is 0 Å². The Morgan fingerprint density at radius 1 is 1.28 bits per heavy atom. The quantitative estimate of drug-likeness (QED) is 0.873. The van der Waals surface area contributed by atoms with Crippen molar-refractivity contribution in [3.8, 4) is 17.2 Å². The predicted octanol–water partition coefficient (Wildman–Crippen LogP) is 2.53. The molecule has 1 aliphatic heterocycles. The summed E-state index contributed by atoms with van der Waals surface area (Å²) in [5.41, 5.74) is 1.10. The van der Waals surface area contributed by atoms with E-state index in [0.29, 0.717) is 0 Å². The van der Waals surface area contributed by atoms with E-state index in [1.165, 1.54) is 0 Å². The lowest BCUT2D eigenvalue weighted by atomic mass is 10.00. The molecule has 1 aromatic carbocycles. The van der Waals surface area contributed by atoms with Crippen molar-refractivity contribution >= 4 is 0 Å². The Labute approximate surface area is 108 Å². The summed E-state index contributed by atoms with van der Waals surface area (Å²) < 4.78 is 16.7. The van der Waals surface area contributed by atoms with E-state index in [4.69, 9.17) is 14.2 Å². The van der Waals surface area contributed by atoms with Gasteiger partial charge in [-0.2, -0.15) is 0 Å². The van der Waals surface area contributed by atoms with Gasteiger partial charge >= 0.3 is 0 Å². The lowest BCUT2D eigenvalue weighted by molar-refractivity contribution is 0.181. The maximum atomic E-state index is 6.01. The molecule has 100 valence electrons. The zero-order valence-electron chi connectivity index (χ0n) is 11.4. The Bertz CT molecular complexity index is 420. The predicted molar refractivity (Wildman–Crippen MR) is 70.7 cm³/mol. The largest absolute Gasteiger partial charge is 0.496 e. The molecule has 4 nitrogen and oxygen atoms in total. The Balaban J connectivity index is 2.42. The lowest BCUT2D eigenvalue weighted by Gasteiger charge is -2.18. The van der Waals surface area contributed by atoms with Crippen LogP contribution in [0.2, 0.25) is 0 Å². The first kappa shape index (κ1) is 13.0. The van der Waals surface area contributed by atoms with Crippen LogP contribution in [-0.4, -0.2) is 27.4 Å². The van der Waals surface area contributed by atoms with Crippen LogP contribution in [-0.2, 0) is 0 Å².